The first-order valence-electron chi connectivity index (χ1n) is 11.1. The molecule has 0 saturated heterocycles. The van der Waals surface area contributed by atoms with Gasteiger partial charge < -0.3 is 19.3 Å². The van der Waals surface area contributed by atoms with Crippen LogP contribution in [0.15, 0.2) is 65.2 Å². The molecule has 3 heterocycles. The van der Waals surface area contributed by atoms with Crippen molar-refractivity contribution in [1.29, 1.82) is 0 Å². The molecule has 36 heavy (non-hydrogen) atoms. The summed E-state index contributed by atoms with van der Waals surface area (Å²) in [5.41, 5.74) is 1.12. The average Bonchev–Trinajstić information content (AvgIpc) is 3.62. The maximum Gasteiger partial charge on any atom is 0.296 e. The number of methoxy groups -OCH3 is 2. The summed E-state index contributed by atoms with van der Waals surface area (Å²) in [5, 5.41) is 13.1. The first-order chi connectivity index (χ1) is 17.5. The van der Waals surface area contributed by atoms with Gasteiger partial charge in [0.05, 0.1) is 41.5 Å². The van der Waals surface area contributed by atoms with Gasteiger partial charge >= 0.3 is 0 Å². The Morgan fingerprint density at radius 1 is 1.14 bits per heavy atom. The third kappa shape index (κ3) is 3.88. The van der Waals surface area contributed by atoms with Crippen LogP contribution < -0.4 is 19.1 Å². The number of amides is 1. The molecule has 0 spiro atoms. The Morgan fingerprint density at radius 2 is 1.97 bits per heavy atom. The molecule has 5 rings (SSSR count). The van der Waals surface area contributed by atoms with Crippen molar-refractivity contribution in [2.24, 2.45) is 0 Å². The molecule has 0 fully saturated rings. The van der Waals surface area contributed by atoms with Crippen LogP contribution >= 0.6 is 22.7 Å². The molecular weight excluding hydrogens is 500 g/mol. The molecule has 8 nitrogen and oxygen atoms in total. The van der Waals surface area contributed by atoms with Crippen LogP contribution in [-0.4, -0.2) is 42.6 Å². The van der Waals surface area contributed by atoms with Crippen LogP contribution in [0.4, 0.5) is 5.13 Å². The summed E-state index contributed by atoms with van der Waals surface area (Å²) in [6, 6.07) is 13.1. The summed E-state index contributed by atoms with van der Waals surface area (Å²) in [4.78, 5) is 33.5. The minimum atomic E-state index is -0.982. The van der Waals surface area contributed by atoms with Crippen LogP contribution in [0.1, 0.15) is 28.2 Å². The van der Waals surface area contributed by atoms with Crippen molar-refractivity contribution in [3.8, 4) is 17.2 Å². The largest absolute Gasteiger partial charge is 0.503 e. The van der Waals surface area contributed by atoms with Gasteiger partial charge in [0, 0.05) is 5.56 Å². The summed E-state index contributed by atoms with van der Waals surface area (Å²) in [6.45, 7) is 2.42. The molecule has 0 radical (unpaired) electrons. The van der Waals surface area contributed by atoms with Gasteiger partial charge in [0.15, 0.2) is 22.4 Å². The van der Waals surface area contributed by atoms with Crippen LogP contribution in [0.5, 0.6) is 17.2 Å². The van der Waals surface area contributed by atoms with Crippen molar-refractivity contribution in [3.63, 3.8) is 0 Å². The quantitative estimate of drug-likeness (QED) is 0.303. The molecule has 1 aliphatic rings. The van der Waals surface area contributed by atoms with Gasteiger partial charge in [0.1, 0.15) is 11.8 Å². The lowest BCUT2D eigenvalue weighted by Gasteiger charge is -2.26. The van der Waals surface area contributed by atoms with Gasteiger partial charge in [0.25, 0.3) is 5.91 Å². The number of ether oxygens (including phenoxy) is 3. The zero-order valence-corrected chi connectivity index (χ0v) is 21.3. The number of aliphatic hydroxyl groups is 1. The minimum Gasteiger partial charge on any atom is -0.503 e. The van der Waals surface area contributed by atoms with Gasteiger partial charge in [-0.2, -0.15) is 0 Å². The van der Waals surface area contributed by atoms with E-state index in [1.165, 1.54) is 41.8 Å². The number of aliphatic hydroxyl groups excluding tert-OH is 1. The van der Waals surface area contributed by atoms with E-state index >= 15 is 0 Å². The highest BCUT2D eigenvalue weighted by atomic mass is 32.1. The second kappa shape index (κ2) is 9.63. The van der Waals surface area contributed by atoms with E-state index in [4.69, 9.17) is 14.2 Å². The summed E-state index contributed by atoms with van der Waals surface area (Å²) in [5.74, 6) is -0.288. The predicted molar refractivity (Wildman–Crippen MR) is 139 cm³/mol. The molecule has 1 aliphatic heterocycles. The van der Waals surface area contributed by atoms with Crippen molar-refractivity contribution in [2.45, 2.75) is 13.0 Å². The number of fused-ring (bicyclic) bond motifs is 1. The smallest absolute Gasteiger partial charge is 0.296 e. The second-order valence-corrected chi connectivity index (χ2v) is 9.74. The number of nitrogens with zero attached hydrogens (tertiary/aromatic N) is 2. The number of thiazole rings is 1. The van der Waals surface area contributed by atoms with E-state index in [1.807, 2.05) is 25.1 Å². The van der Waals surface area contributed by atoms with Crippen LogP contribution in [0.3, 0.4) is 0 Å². The molecule has 2 aromatic heterocycles. The van der Waals surface area contributed by atoms with Crippen molar-refractivity contribution < 1.29 is 28.9 Å². The number of thiophene rings is 1. The molecule has 0 bridgehead atoms. The third-order valence-corrected chi connectivity index (χ3v) is 7.68. The number of aromatic nitrogens is 1. The lowest BCUT2D eigenvalue weighted by atomic mass is 9.94. The van der Waals surface area contributed by atoms with Gasteiger partial charge in [-0.3, -0.25) is 14.5 Å². The van der Waals surface area contributed by atoms with Crippen molar-refractivity contribution in [3.05, 3.63) is 75.7 Å². The number of para-hydroxylation sites is 1. The fourth-order valence-corrected chi connectivity index (χ4v) is 5.95. The number of hydrogen-bond donors (Lipinski definition) is 1. The van der Waals surface area contributed by atoms with Crippen LogP contribution in [0.2, 0.25) is 0 Å². The van der Waals surface area contributed by atoms with E-state index in [0.717, 1.165) is 4.70 Å². The number of carbonyl (C=O) groups is 2. The van der Waals surface area contributed by atoms with Crippen molar-refractivity contribution >= 4 is 49.7 Å². The Hall–Kier alpha value is -3.89. The van der Waals surface area contributed by atoms with Crippen LogP contribution in [0.25, 0.3) is 10.2 Å². The molecule has 4 aromatic rings. The average molecular weight is 523 g/mol. The number of Topliss-reactive ketones (excluding diaryl/α,β-unsaturated/α-hetero) is 1. The highest BCUT2D eigenvalue weighted by molar-refractivity contribution is 7.22. The lowest BCUT2D eigenvalue weighted by Crippen LogP contribution is -2.31. The molecule has 1 N–H and O–H groups in total. The number of carbonyl (C=O) groups excluding carboxylic acids is 2. The molecule has 0 aliphatic carbocycles. The van der Waals surface area contributed by atoms with E-state index < -0.39 is 23.5 Å². The fraction of sp³-hybridized carbons (Fsp3) is 0.192. The number of hydrogen-bond acceptors (Lipinski definition) is 9. The molecule has 0 unspecified atom stereocenters. The number of anilines is 1. The van der Waals surface area contributed by atoms with Gasteiger partial charge in [-0.15, -0.1) is 11.3 Å². The molecule has 0 saturated carbocycles. The third-order valence-electron chi connectivity index (χ3n) is 5.79. The fourth-order valence-electron chi connectivity index (χ4n) is 4.25. The molecule has 1 atom stereocenters. The van der Waals surface area contributed by atoms with E-state index in [0.29, 0.717) is 44.9 Å². The van der Waals surface area contributed by atoms with Gasteiger partial charge in [-0.1, -0.05) is 29.5 Å². The Bertz CT molecular complexity index is 1490. The predicted octanol–water partition coefficient (Wildman–Crippen LogP) is 5.56. The Morgan fingerprint density at radius 3 is 2.67 bits per heavy atom. The molecule has 10 heteroatoms. The van der Waals surface area contributed by atoms with E-state index in [1.54, 1.807) is 35.7 Å². The highest BCUT2D eigenvalue weighted by Crippen LogP contribution is 2.48. The number of ketones is 1. The highest BCUT2D eigenvalue weighted by Gasteiger charge is 2.47. The lowest BCUT2D eigenvalue weighted by molar-refractivity contribution is -0.117. The first kappa shape index (κ1) is 23.8. The summed E-state index contributed by atoms with van der Waals surface area (Å²) in [7, 11) is 2.99. The zero-order chi connectivity index (χ0) is 25.4. The Labute approximate surface area is 215 Å². The van der Waals surface area contributed by atoms with Gasteiger partial charge in [-0.25, -0.2) is 4.98 Å². The van der Waals surface area contributed by atoms with E-state index in [9.17, 15) is 14.7 Å². The van der Waals surface area contributed by atoms with Crippen LogP contribution in [-0.2, 0) is 4.79 Å². The monoisotopic (exact) mass is 522 g/mol. The maximum absolute atomic E-state index is 13.6. The number of rotatable bonds is 8. The minimum absolute atomic E-state index is 0.0386. The van der Waals surface area contributed by atoms with Crippen molar-refractivity contribution in [2.75, 3.05) is 25.7 Å². The zero-order valence-electron chi connectivity index (χ0n) is 19.7. The topological polar surface area (TPSA) is 98.2 Å². The Balaban J connectivity index is 1.70. The first-order valence-corrected chi connectivity index (χ1v) is 12.8. The SMILES string of the molecule is CCOc1ccc2nc(N3C(=O)C(O)=C(C(=O)c4cccs4)[C@H]3c3cccc(OC)c3OC)sc2c1. The van der Waals surface area contributed by atoms with Gasteiger partial charge in [0.2, 0.25) is 5.78 Å². The Kier molecular flexibility index (Phi) is 6.38. The van der Waals surface area contributed by atoms with E-state index in [-0.39, 0.29) is 5.57 Å². The number of benzene rings is 2. The molecule has 2 aromatic carbocycles. The molecule has 1 amide bonds. The second-order valence-electron chi connectivity index (χ2n) is 7.79. The van der Waals surface area contributed by atoms with Crippen molar-refractivity contribution in [1.82, 2.24) is 4.98 Å². The standard InChI is InChI=1S/C26H22N2O6S2/c1-4-34-14-10-11-16-19(13-14)36-26(27-16)28-21(15-7-5-8-17(32-2)24(15)33-3)20(23(30)25(28)31)22(29)18-9-6-12-35-18/h5-13,21,30H,4H2,1-3H3/t21-/m1/s1. The summed E-state index contributed by atoms with van der Waals surface area (Å²) in [6.07, 6.45) is 0. The summed E-state index contributed by atoms with van der Waals surface area (Å²) >= 11 is 2.50. The maximum atomic E-state index is 13.6. The van der Waals surface area contributed by atoms with Gasteiger partial charge in [-0.05, 0) is 42.6 Å². The molecular formula is C26H22N2O6S2. The molecule has 184 valence electrons. The van der Waals surface area contributed by atoms with Crippen LogP contribution in [0, 0.1) is 0 Å². The summed E-state index contributed by atoms with van der Waals surface area (Å²) < 4.78 is 17.5. The van der Waals surface area contributed by atoms with E-state index in [2.05, 4.69) is 4.98 Å². The normalized spacial score (nSPS) is 15.6.